The number of hydrogen-bond acceptors (Lipinski definition) is 4. The van der Waals surface area contributed by atoms with Crippen molar-refractivity contribution in [3.8, 4) is 5.75 Å². The minimum atomic E-state index is -3.75. The van der Waals surface area contributed by atoms with Gasteiger partial charge in [-0.25, -0.2) is 8.42 Å². The third-order valence-electron chi connectivity index (χ3n) is 4.37. The number of amides is 1. The molecule has 1 unspecified atom stereocenters. The predicted molar refractivity (Wildman–Crippen MR) is 92.4 cm³/mol. The molecule has 0 radical (unpaired) electrons. The maximum Gasteiger partial charge on any atom is 0.241 e. The number of carbonyl (C=O) groups is 1. The first-order valence-electron chi connectivity index (χ1n) is 8.37. The molecule has 1 atom stereocenters. The topological polar surface area (TPSA) is 75.7 Å². The second kappa shape index (κ2) is 7.98. The zero-order valence-corrected chi connectivity index (χ0v) is 15.3. The number of ether oxygens (including phenoxy) is 1. The number of nitrogens with zero attached hydrogens (tertiary/aromatic N) is 1. The van der Waals surface area contributed by atoms with Crippen molar-refractivity contribution in [1.82, 2.24) is 9.62 Å². The van der Waals surface area contributed by atoms with Gasteiger partial charge in [-0.3, -0.25) is 4.79 Å². The fourth-order valence-electron chi connectivity index (χ4n) is 3.01. The van der Waals surface area contributed by atoms with Crippen molar-refractivity contribution in [3.05, 3.63) is 24.3 Å². The Morgan fingerprint density at radius 3 is 2.42 bits per heavy atom. The van der Waals surface area contributed by atoms with Gasteiger partial charge in [0.05, 0.1) is 17.5 Å². The Labute approximate surface area is 144 Å². The summed E-state index contributed by atoms with van der Waals surface area (Å²) < 4.78 is 32.6. The number of sulfonamides is 1. The molecule has 6 nitrogen and oxygen atoms in total. The van der Waals surface area contributed by atoms with Gasteiger partial charge in [0.25, 0.3) is 0 Å². The third kappa shape index (κ3) is 4.48. The van der Waals surface area contributed by atoms with Crippen LogP contribution in [0.4, 0.5) is 0 Å². The SMILES string of the molecule is CCOc1ccc(S(=O)(=O)NC(C)C(=O)N(C)C2CCCC2)cc1. The Bertz CT molecular complexity index is 652. The van der Waals surface area contributed by atoms with Crippen LogP contribution in [0.2, 0.25) is 0 Å². The first kappa shape index (κ1) is 18.7. The van der Waals surface area contributed by atoms with Crippen molar-refractivity contribution in [2.45, 2.75) is 56.5 Å². The highest BCUT2D eigenvalue weighted by atomic mass is 32.2. The zero-order chi connectivity index (χ0) is 17.7. The van der Waals surface area contributed by atoms with Crippen molar-refractivity contribution in [2.75, 3.05) is 13.7 Å². The average molecular weight is 354 g/mol. The fraction of sp³-hybridized carbons (Fsp3) is 0.588. The lowest BCUT2D eigenvalue weighted by Crippen LogP contribution is -2.48. The van der Waals surface area contributed by atoms with Gasteiger partial charge in [0, 0.05) is 13.1 Å². The number of rotatable bonds is 7. The molecule has 0 aliphatic heterocycles. The van der Waals surface area contributed by atoms with Gasteiger partial charge in [-0.1, -0.05) is 12.8 Å². The number of benzene rings is 1. The molecule has 0 heterocycles. The molecular weight excluding hydrogens is 328 g/mol. The first-order chi connectivity index (χ1) is 11.3. The molecular formula is C17H26N2O4S. The van der Waals surface area contributed by atoms with E-state index in [-0.39, 0.29) is 16.8 Å². The maximum absolute atomic E-state index is 12.5. The summed E-state index contributed by atoms with van der Waals surface area (Å²) in [6, 6.07) is 5.59. The van der Waals surface area contributed by atoms with E-state index in [0.717, 1.165) is 25.7 Å². The Morgan fingerprint density at radius 1 is 1.29 bits per heavy atom. The molecule has 1 aromatic carbocycles. The lowest BCUT2D eigenvalue weighted by atomic mass is 10.2. The summed E-state index contributed by atoms with van der Waals surface area (Å²) in [5.41, 5.74) is 0. The smallest absolute Gasteiger partial charge is 0.241 e. The van der Waals surface area contributed by atoms with Crippen molar-refractivity contribution in [1.29, 1.82) is 0 Å². The molecule has 1 saturated carbocycles. The van der Waals surface area contributed by atoms with Crippen LogP contribution < -0.4 is 9.46 Å². The molecule has 134 valence electrons. The minimum Gasteiger partial charge on any atom is -0.494 e. The highest BCUT2D eigenvalue weighted by Gasteiger charge is 2.29. The van der Waals surface area contributed by atoms with E-state index in [1.165, 1.54) is 12.1 Å². The molecule has 1 aliphatic rings. The Kier molecular flexibility index (Phi) is 6.23. The Morgan fingerprint density at radius 2 is 1.88 bits per heavy atom. The largest absolute Gasteiger partial charge is 0.494 e. The van der Waals surface area contributed by atoms with Crippen molar-refractivity contribution >= 4 is 15.9 Å². The van der Waals surface area contributed by atoms with Crippen LogP contribution in [0.15, 0.2) is 29.2 Å². The predicted octanol–water partition coefficient (Wildman–Crippen LogP) is 2.15. The second-order valence-electron chi connectivity index (χ2n) is 6.13. The van der Waals surface area contributed by atoms with Crippen molar-refractivity contribution in [2.24, 2.45) is 0 Å². The van der Waals surface area contributed by atoms with Crippen LogP contribution in [0.3, 0.4) is 0 Å². The van der Waals surface area contributed by atoms with Crippen molar-refractivity contribution < 1.29 is 17.9 Å². The van der Waals surface area contributed by atoms with Gasteiger partial charge >= 0.3 is 0 Å². The van der Waals surface area contributed by atoms with Crippen molar-refractivity contribution in [3.63, 3.8) is 0 Å². The van der Waals surface area contributed by atoms with Crippen LogP contribution in [-0.4, -0.2) is 45.0 Å². The minimum absolute atomic E-state index is 0.120. The molecule has 2 rings (SSSR count). The van der Waals surface area contributed by atoms with Crippen LogP contribution in [0.25, 0.3) is 0 Å². The quantitative estimate of drug-likeness (QED) is 0.814. The lowest BCUT2D eigenvalue weighted by Gasteiger charge is -2.27. The van der Waals surface area contributed by atoms with E-state index in [1.54, 1.807) is 31.0 Å². The summed E-state index contributed by atoms with van der Waals surface area (Å²) >= 11 is 0. The molecule has 1 N–H and O–H groups in total. The standard InChI is InChI=1S/C17H26N2O4S/c1-4-23-15-9-11-16(12-10-15)24(21,22)18-13(2)17(20)19(3)14-7-5-6-8-14/h9-14,18H,4-8H2,1-3H3. The van der Waals surface area contributed by atoms with Crippen LogP contribution in [0.5, 0.6) is 5.75 Å². The van der Waals surface area contributed by atoms with Crippen LogP contribution in [-0.2, 0) is 14.8 Å². The summed E-state index contributed by atoms with van der Waals surface area (Å²) in [4.78, 5) is 14.3. The Balaban J connectivity index is 2.02. The van der Waals surface area contributed by atoms with Gasteiger partial charge in [0.2, 0.25) is 15.9 Å². The van der Waals surface area contributed by atoms with Gasteiger partial charge in [-0.15, -0.1) is 0 Å². The van der Waals surface area contributed by atoms with Crippen LogP contribution in [0, 0.1) is 0 Å². The highest BCUT2D eigenvalue weighted by molar-refractivity contribution is 7.89. The van der Waals surface area contributed by atoms with Gasteiger partial charge in [-0.05, 0) is 51.0 Å². The van der Waals surface area contributed by atoms with Crippen LogP contribution >= 0.6 is 0 Å². The number of carbonyl (C=O) groups excluding carboxylic acids is 1. The number of nitrogens with one attached hydrogen (secondary N) is 1. The maximum atomic E-state index is 12.5. The molecule has 1 fully saturated rings. The molecule has 0 aromatic heterocycles. The van der Waals surface area contributed by atoms with E-state index < -0.39 is 16.1 Å². The van der Waals surface area contributed by atoms with E-state index in [9.17, 15) is 13.2 Å². The molecule has 0 bridgehead atoms. The lowest BCUT2D eigenvalue weighted by molar-refractivity contribution is -0.133. The number of likely N-dealkylation sites (N-methyl/N-ethyl adjacent to an activating group) is 1. The molecule has 1 aliphatic carbocycles. The van der Waals surface area contributed by atoms with Gasteiger partial charge in [0.15, 0.2) is 0 Å². The Hall–Kier alpha value is -1.60. The van der Waals surface area contributed by atoms with Gasteiger partial charge in [-0.2, -0.15) is 4.72 Å². The van der Waals surface area contributed by atoms with Gasteiger partial charge < -0.3 is 9.64 Å². The normalized spacial score (nSPS) is 16.8. The van der Waals surface area contributed by atoms with Crippen LogP contribution in [0.1, 0.15) is 39.5 Å². The molecule has 0 saturated heterocycles. The molecule has 7 heteroatoms. The summed E-state index contributed by atoms with van der Waals surface area (Å²) in [5.74, 6) is 0.415. The number of hydrogen-bond donors (Lipinski definition) is 1. The summed E-state index contributed by atoms with van der Waals surface area (Å²) in [6.45, 7) is 3.96. The van der Waals surface area contributed by atoms with Gasteiger partial charge in [0.1, 0.15) is 5.75 Å². The fourth-order valence-corrected chi connectivity index (χ4v) is 4.21. The zero-order valence-electron chi connectivity index (χ0n) is 14.5. The average Bonchev–Trinajstić information content (AvgIpc) is 3.08. The van der Waals surface area contributed by atoms with E-state index in [0.29, 0.717) is 12.4 Å². The monoisotopic (exact) mass is 354 g/mol. The first-order valence-corrected chi connectivity index (χ1v) is 9.85. The highest BCUT2D eigenvalue weighted by Crippen LogP contribution is 2.23. The summed E-state index contributed by atoms with van der Waals surface area (Å²) in [5, 5.41) is 0. The second-order valence-corrected chi connectivity index (χ2v) is 7.85. The molecule has 24 heavy (non-hydrogen) atoms. The third-order valence-corrected chi connectivity index (χ3v) is 5.92. The van der Waals surface area contributed by atoms with E-state index in [2.05, 4.69) is 4.72 Å². The molecule has 1 aromatic rings. The summed E-state index contributed by atoms with van der Waals surface area (Å²) in [7, 11) is -2.00. The van der Waals surface area contributed by atoms with E-state index in [1.807, 2.05) is 6.92 Å². The van der Waals surface area contributed by atoms with E-state index in [4.69, 9.17) is 4.74 Å². The molecule has 0 spiro atoms. The molecule has 1 amide bonds. The summed E-state index contributed by atoms with van der Waals surface area (Å²) in [6.07, 6.45) is 4.21. The van der Waals surface area contributed by atoms with E-state index >= 15 is 0 Å².